The summed E-state index contributed by atoms with van der Waals surface area (Å²) in [5.74, 6) is -0.615. The van der Waals surface area contributed by atoms with Crippen LogP contribution in [0.5, 0.6) is 0 Å². The number of fused-ring (bicyclic) bond motifs is 1. The van der Waals surface area contributed by atoms with Gasteiger partial charge in [0.05, 0.1) is 0 Å². The third-order valence-electron chi connectivity index (χ3n) is 2.65. The number of hydrogen-bond donors (Lipinski definition) is 2. The van der Waals surface area contributed by atoms with Crippen molar-refractivity contribution >= 4 is 35.2 Å². The number of carboxylic acid groups (broad SMARTS) is 1. The van der Waals surface area contributed by atoms with E-state index in [4.69, 9.17) is 22.4 Å². The van der Waals surface area contributed by atoms with E-state index < -0.39 is 12.0 Å². The van der Waals surface area contributed by atoms with E-state index in [0.29, 0.717) is 17.2 Å². The molecule has 1 fully saturated rings. The standard InChI is InChI=1S/C10H11ClN2O3S/c11-3-1-2-5-4-17-9-6(12)8(14)13(9)7(5)10(15)16/h1-2,6,9H,3-4,12H2,(H,15,16)/t6-,9+/m1/s1. The lowest BCUT2D eigenvalue weighted by atomic mass is 10.0. The smallest absolute Gasteiger partial charge is 0.352 e. The molecule has 2 atom stereocenters. The minimum absolute atomic E-state index is 0.0295. The Morgan fingerprint density at radius 2 is 2.41 bits per heavy atom. The highest BCUT2D eigenvalue weighted by atomic mass is 35.5. The molecule has 7 heteroatoms. The molecular weight excluding hydrogens is 264 g/mol. The summed E-state index contributed by atoms with van der Waals surface area (Å²) in [6.07, 6.45) is 3.31. The zero-order valence-electron chi connectivity index (χ0n) is 8.80. The second kappa shape index (κ2) is 4.72. The normalized spacial score (nSPS) is 28.4. The first kappa shape index (κ1) is 12.5. The highest BCUT2D eigenvalue weighted by Crippen LogP contribution is 2.39. The molecule has 2 aliphatic rings. The molecule has 0 aromatic carbocycles. The van der Waals surface area contributed by atoms with Gasteiger partial charge in [-0.15, -0.1) is 23.4 Å². The van der Waals surface area contributed by atoms with Gasteiger partial charge in [0.2, 0.25) is 5.91 Å². The Bertz CT molecular complexity index is 435. The summed E-state index contributed by atoms with van der Waals surface area (Å²) in [6.45, 7) is 0. The third kappa shape index (κ3) is 1.96. The van der Waals surface area contributed by atoms with Gasteiger partial charge in [0.1, 0.15) is 17.1 Å². The molecule has 5 nitrogen and oxygen atoms in total. The molecule has 0 radical (unpaired) electrons. The second-order valence-corrected chi connectivity index (χ2v) is 5.08. The summed E-state index contributed by atoms with van der Waals surface area (Å²) in [5.41, 5.74) is 6.24. The Hall–Kier alpha value is -0.980. The quantitative estimate of drug-likeness (QED) is 0.574. The predicted molar refractivity (Wildman–Crippen MR) is 65.6 cm³/mol. The Labute approximate surface area is 107 Å². The lowest BCUT2D eigenvalue weighted by Crippen LogP contribution is -2.68. The first-order valence-corrected chi connectivity index (χ1v) is 6.55. The van der Waals surface area contributed by atoms with E-state index in [2.05, 4.69) is 0 Å². The van der Waals surface area contributed by atoms with Crippen molar-refractivity contribution in [3.05, 3.63) is 23.4 Å². The van der Waals surface area contributed by atoms with Crippen LogP contribution in [-0.4, -0.2) is 44.9 Å². The predicted octanol–water partition coefficient (Wildman–Crippen LogP) is 0.362. The van der Waals surface area contributed by atoms with Gasteiger partial charge in [-0.1, -0.05) is 12.2 Å². The monoisotopic (exact) mass is 274 g/mol. The average molecular weight is 275 g/mol. The van der Waals surface area contributed by atoms with Crippen LogP contribution in [0.15, 0.2) is 23.4 Å². The summed E-state index contributed by atoms with van der Waals surface area (Å²) in [6, 6.07) is -0.590. The number of hydrogen-bond acceptors (Lipinski definition) is 4. The summed E-state index contributed by atoms with van der Waals surface area (Å²) in [5, 5.41) is 8.92. The van der Waals surface area contributed by atoms with E-state index in [0.717, 1.165) is 0 Å². The molecule has 0 aromatic heterocycles. The number of carbonyl (C=O) groups is 2. The summed E-state index contributed by atoms with van der Waals surface area (Å²) in [7, 11) is 0. The molecule has 0 bridgehead atoms. The van der Waals surface area contributed by atoms with Crippen LogP contribution in [0.1, 0.15) is 0 Å². The first-order chi connectivity index (χ1) is 8.07. The first-order valence-electron chi connectivity index (χ1n) is 4.97. The van der Waals surface area contributed by atoms with Crippen molar-refractivity contribution in [2.24, 2.45) is 5.73 Å². The van der Waals surface area contributed by atoms with Gasteiger partial charge in [0, 0.05) is 11.6 Å². The Morgan fingerprint density at radius 3 is 3.00 bits per heavy atom. The zero-order chi connectivity index (χ0) is 12.6. The Morgan fingerprint density at radius 1 is 1.71 bits per heavy atom. The number of β-lactam (4-membered cyclic amide) rings is 1. The molecule has 17 heavy (non-hydrogen) atoms. The van der Waals surface area contributed by atoms with E-state index in [1.165, 1.54) is 16.7 Å². The van der Waals surface area contributed by atoms with Crippen LogP contribution in [0.25, 0.3) is 0 Å². The number of carbonyl (C=O) groups excluding carboxylic acids is 1. The van der Waals surface area contributed by atoms with Crippen LogP contribution in [0.4, 0.5) is 0 Å². The van der Waals surface area contributed by atoms with E-state index in [-0.39, 0.29) is 17.0 Å². The maximum absolute atomic E-state index is 11.6. The van der Waals surface area contributed by atoms with Crippen molar-refractivity contribution in [1.29, 1.82) is 0 Å². The second-order valence-electron chi connectivity index (χ2n) is 3.67. The van der Waals surface area contributed by atoms with E-state index in [9.17, 15) is 9.59 Å². The molecular formula is C10H11ClN2O3S. The van der Waals surface area contributed by atoms with Crippen molar-refractivity contribution in [1.82, 2.24) is 4.90 Å². The number of nitrogens with zero attached hydrogens (tertiary/aromatic N) is 1. The van der Waals surface area contributed by atoms with Crippen molar-refractivity contribution < 1.29 is 14.7 Å². The van der Waals surface area contributed by atoms with Gasteiger partial charge in [-0.3, -0.25) is 9.69 Å². The number of rotatable bonds is 3. The van der Waals surface area contributed by atoms with Crippen molar-refractivity contribution in [3.8, 4) is 0 Å². The Kier molecular flexibility index (Phi) is 3.46. The highest BCUT2D eigenvalue weighted by molar-refractivity contribution is 8.00. The fraction of sp³-hybridized carbons (Fsp3) is 0.400. The number of carboxylic acids is 1. The lowest BCUT2D eigenvalue weighted by molar-refractivity contribution is -0.147. The number of alkyl halides is 1. The number of nitrogens with two attached hydrogens (primary N) is 1. The molecule has 1 amide bonds. The van der Waals surface area contributed by atoms with Gasteiger partial charge in [0.15, 0.2) is 0 Å². The van der Waals surface area contributed by atoms with Crippen LogP contribution in [0.2, 0.25) is 0 Å². The number of amides is 1. The fourth-order valence-corrected chi connectivity index (χ4v) is 3.21. The van der Waals surface area contributed by atoms with Gasteiger partial charge >= 0.3 is 5.97 Å². The largest absolute Gasteiger partial charge is 0.477 e. The van der Waals surface area contributed by atoms with Crippen LogP contribution in [0, 0.1) is 0 Å². The third-order valence-corrected chi connectivity index (χ3v) is 4.15. The highest BCUT2D eigenvalue weighted by Gasteiger charge is 2.51. The maximum atomic E-state index is 11.6. The minimum Gasteiger partial charge on any atom is -0.477 e. The molecule has 0 aromatic rings. The SMILES string of the molecule is N[C@@H]1C(=O)N2C(C(=O)O)=C(C=CCCl)CS[C@@H]12. The van der Waals surface area contributed by atoms with Gasteiger partial charge in [-0.05, 0) is 5.57 Å². The van der Waals surface area contributed by atoms with E-state index >= 15 is 0 Å². The van der Waals surface area contributed by atoms with Gasteiger partial charge in [-0.25, -0.2) is 4.79 Å². The number of thioether (sulfide) groups is 1. The van der Waals surface area contributed by atoms with E-state index in [1.54, 1.807) is 12.2 Å². The maximum Gasteiger partial charge on any atom is 0.352 e. The summed E-state index contributed by atoms with van der Waals surface area (Å²) < 4.78 is 0. The molecule has 0 spiro atoms. The number of allylic oxidation sites excluding steroid dienone is 2. The molecule has 2 aliphatic heterocycles. The summed E-state index contributed by atoms with van der Waals surface area (Å²) in [4.78, 5) is 24.0. The van der Waals surface area contributed by atoms with E-state index in [1.807, 2.05) is 0 Å². The van der Waals surface area contributed by atoms with Gasteiger partial charge in [0.25, 0.3) is 0 Å². The minimum atomic E-state index is -1.11. The average Bonchev–Trinajstić information content (AvgIpc) is 2.33. The molecule has 0 unspecified atom stereocenters. The molecule has 0 saturated carbocycles. The molecule has 3 N–H and O–H groups in total. The van der Waals surface area contributed by atoms with Crippen molar-refractivity contribution in [2.45, 2.75) is 11.4 Å². The molecule has 92 valence electrons. The van der Waals surface area contributed by atoms with Crippen LogP contribution in [0.3, 0.4) is 0 Å². The zero-order valence-corrected chi connectivity index (χ0v) is 10.4. The molecule has 1 saturated heterocycles. The number of halogens is 1. The fourth-order valence-electron chi connectivity index (χ4n) is 1.85. The molecule has 0 aliphatic carbocycles. The number of aliphatic carboxylic acids is 1. The summed E-state index contributed by atoms with van der Waals surface area (Å²) >= 11 is 6.98. The van der Waals surface area contributed by atoms with Crippen LogP contribution >= 0.6 is 23.4 Å². The molecule has 2 rings (SSSR count). The topological polar surface area (TPSA) is 83.6 Å². The Balaban J connectivity index is 2.36. The van der Waals surface area contributed by atoms with Crippen molar-refractivity contribution in [2.75, 3.05) is 11.6 Å². The van der Waals surface area contributed by atoms with Crippen LogP contribution in [-0.2, 0) is 9.59 Å². The molecule has 2 heterocycles. The lowest BCUT2D eigenvalue weighted by Gasteiger charge is -2.47. The van der Waals surface area contributed by atoms with Gasteiger partial charge in [-0.2, -0.15) is 0 Å². The van der Waals surface area contributed by atoms with Crippen molar-refractivity contribution in [3.63, 3.8) is 0 Å². The van der Waals surface area contributed by atoms with Crippen LogP contribution < -0.4 is 5.73 Å². The van der Waals surface area contributed by atoms with Gasteiger partial charge < -0.3 is 10.8 Å².